The molecular formula is C17H23N3O. The first-order chi connectivity index (χ1) is 10.0. The van der Waals surface area contributed by atoms with Gasteiger partial charge >= 0.3 is 0 Å². The van der Waals surface area contributed by atoms with Crippen LogP contribution in [0.1, 0.15) is 5.56 Å². The molecule has 4 heteroatoms. The highest BCUT2D eigenvalue weighted by atomic mass is 16.5. The van der Waals surface area contributed by atoms with Gasteiger partial charge in [0, 0.05) is 33.8 Å². The summed E-state index contributed by atoms with van der Waals surface area (Å²) in [5.41, 5.74) is 1.12. The molecule has 0 N–H and O–H groups in total. The van der Waals surface area contributed by atoms with Crippen LogP contribution in [0.15, 0.2) is 41.4 Å². The molecule has 0 atom stereocenters. The average molecular weight is 285 g/mol. The van der Waals surface area contributed by atoms with Crippen LogP contribution in [0.4, 0.5) is 0 Å². The molecule has 0 aliphatic heterocycles. The van der Waals surface area contributed by atoms with Crippen molar-refractivity contribution in [2.45, 2.75) is 6.54 Å². The van der Waals surface area contributed by atoms with E-state index in [0.717, 1.165) is 17.3 Å². The average Bonchev–Trinajstić information content (AvgIpc) is 2.46. The van der Waals surface area contributed by atoms with Crippen molar-refractivity contribution in [1.29, 1.82) is 0 Å². The number of ether oxygens (including phenoxy) is 1. The molecule has 0 radical (unpaired) electrons. The van der Waals surface area contributed by atoms with Gasteiger partial charge in [0.1, 0.15) is 5.75 Å². The highest BCUT2D eigenvalue weighted by molar-refractivity contribution is 5.88. The number of nitrogens with zero attached hydrogens (tertiary/aromatic N) is 3. The maximum absolute atomic E-state index is 5.51. The topological polar surface area (TPSA) is 28.1 Å². The molecule has 0 aromatic heterocycles. The van der Waals surface area contributed by atoms with Gasteiger partial charge in [-0.1, -0.05) is 30.3 Å². The number of guanidine groups is 1. The Morgan fingerprint density at radius 2 is 1.67 bits per heavy atom. The van der Waals surface area contributed by atoms with Crippen LogP contribution in [0.25, 0.3) is 10.8 Å². The summed E-state index contributed by atoms with van der Waals surface area (Å²) in [5.74, 6) is 1.82. The number of methoxy groups -OCH3 is 1. The lowest BCUT2D eigenvalue weighted by Gasteiger charge is -2.23. The van der Waals surface area contributed by atoms with Crippen LogP contribution in [0, 0.1) is 0 Å². The van der Waals surface area contributed by atoms with Crippen molar-refractivity contribution in [3.8, 4) is 5.75 Å². The molecule has 2 aromatic rings. The van der Waals surface area contributed by atoms with Crippen LogP contribution in [0.2, 0.25) is 0 Å². The lowest BCUT2D eigenvalue weighted by atomic mass is 10.0. The highest BCUT2D eigenvalue weighted by Crippen LogP contribution is 2.28. The molecule has 2 aromatic carbocycles. The third kappa shape index (κ3) is 3.27. The van der Waals surface area contributed by atoms with Gasteiger partial charge in [-0.2, -0.15) is 0 Å². The van der Waals surface area contributed by atoms with Crippen molar-refractivity contribution in [2.24, 2.45) is 4.99 Å². The molecule has 0 heterocycles. The number of hydrogen-bond acceptors (Lipinski definition) is 2. The monoisotopic (exact) mass is 285 g/mol. The smallest absolute Gasteiger partial charge is 0.195 e. The number of fused-ring (bicyclic) bond motifs is 1. The second kappa shape index (κ2) is 6.48. The van der Waals surface area contributed by atoms with Gasteiger partial charge in [-0.3, -0.25) is 0 Å². The van der Waals surface area contributed by atoms with Crippen LogP contribution in [0.5, 0.6) is 5.75 Å². The van der Waals surface area contributed by atoms with E-state index in [1.807, 2.05) is 56.2 Å². The third-order valence-electron chi connectivity index (χ3n) is 3.40. The lowest BCUT2D eigenvalue weighted by molar-refractivity contribution is 0.410. The molecule has 0 saturated heterocycles. The van der Waals surface area contributed by atoms with Crippen LogP contribution >= 0.6 is 0 Å². The molecule has 0 bridgehead atoms. The number of aliphatic imine (C=N–C) groups is 1. The highest BCUT2D eigenvalue weighted by Gasteiger charge is 2.09. The second-order valence-electron chi connectivity index (χ2n) is 5.37. The quantitative estimate of drug-likeness (QED) is 0.641. The maximum atomic E-state index is 5.51. The molecule has 0 amide bonds. The summed E-state index contributed by atoms with van der Waals surface area (Å²) >= 11 is 0. The minimum atomic E-state index is 0.593. The summed E-state index contributed by atoms with van der Waals surface area (Å²) < 4.78 is 5.51. The van der Waals surface area contributed by atoms with E-state index >= 15 is 0 Å². The second-order valence-corrected chi connectivity index (χ2v) is 5.37. The molecule has 0 aliphatic rings. The van der Waals surface area contributed by atoms with Crippen molar-refractivity contribution < 1.29 is 4.74 Å². The first-order valence-corrected chi connectivity index (χ1v) is 6.98. The molecule has 0 spiro atoms. The van der Waals surface area contributed by atoms with Crippen molar-refractivity contribution in [3.63, 3.8) is 0 Å². The van der Waals surface area contributed by atoms with Gasteiger partial charge in [0.2, 0.25) is 0 Å². The first kappa shape index (κ1) is 15.2. The SMILES string of the molecule is COc1ccc2ccccc2c1CN=C(N(C)C)N(C)C. The van der Waals surface area contributed by atoms with E-state index < -0.39 is 0 Å². The molecule has 112 valence electrons. The predicted octanol–water partition coefficient (Wildman–Crippen LogP) is 2.83. The number of hydrogen-bond donors (Lipinski definition) is 0. The van der Waals surface area contributed by atoms with Gasteiger partial charge in [0.25, 0.3) is 0 Å². The van der Waals surface area contributed by atoms with Crippen molar-refractivity contribution in [3.05, 3.63) is 42.0 Å². The van der Waals surface area contributed by atoms with Gasteiger partial charge in [-0.15, -0.1) is 0 Å². The lowest BCUT2D eigenvalue weighted by Crippen LogP contribution is -2.35. The van der Waals surface area contributed by atoms with Crippen molar-refractivity contribution >= 4 is 16.7 Å². The number of benzene rings is 2. The number of rotatable bonds is 3. The van der Waals surface area contributed by atoms with E-state index in [1.54, 1.807) is 7.11 Å². The zero-order valence-corrected chi connectivity index (χ0v) is 13.4. The molecular weight excluding hydrogens is 262 g/mol. The molecule has 4 nitrogen and oxygen atoms in total. The maximum Gasteiger partial charge on any atom is 0.195 e. The minimum absolute atomic E-state index is 0.593. The van der Waals surface area contributed by atoms with Crippen LogP contribution in [0.3, 0.4) is 0 Å². The van der Waals surface area contributed by atoms with E-state index in [2.05, 4.69) is 18.2 Å². The fourth-order valence-electron chi connectivity index (χ4n) is 2.50. The largest absolute Gasteiger partial charge is 0.496 e. The summed E-state index contributed by atoms with van der Waals surface area (Å²) in [6.45, 7) is 0.593. The Hall–Kier alpha value is -2.23. The van der Waals surface area contributed by atoms with Gasteiger partial charge in [-0.05, 0) is 16.8 Å². The summed E-state index contributed by atoms with van der Waals surface area (Å²) in [6.07, 6.45) is 0. The first-order valence-electron chi connectivity index (χ1n) is 6.98. The molecule has 0 aliphatic carbocycles. The summed E-state index contributed by atoms with van der Waals surface area (Å²) in [5, 5.41) is 2.40. The van der Waals surface area contributed by atoms with Crippen molar-refractivity contribution in [2.75, 3.05) is 35.3 Å². The van der Waals surface area contributed by atoms with Gasteiger partial charge < -0.3 is 14.5 Å². The Morgan fingerprint density at radius 1 is 1.00 bits per heavy atom. The Morgan fingerprint density at radius 3 is 2.29 bits per heavy atom. The normalized spacial score (nSPS) is 10.3. The molecule has 0 fully saturated rings. The van der Waals surface area contributed by atoms with Crippen LogP contribution in [-0.4, -0.2) is 51.1 Å². The zero-order valence-electron chi connectivity index (χ0n) is 13.4. The predicted molar refractivity (Wildman–Crippen MR) is 89.0 cm³/mol. The summed E-state index contributed by atoms with van der Waals surface area (Å²) in [4.78, 5) is 8.76. The van der Waals surface area contributed by atoms with Crippen LogP contribution < -0.4 is 4.74 Å². The van der Waals surface area contributed by atoms with Gasteiger partial charge in [0.15, 0.2) is 5.96 Å². The van der Waals surface area contributed by atoms with E-state index in [1.165, 1.54) is 10.8 Å². The Balaban J connectivity index is 2.47. The van der Waals surface area contributed by atoms with E-state index in [4.69, 9.17) is 9.73 Å². The Kier molecular flexibility index (Phi) is 4.68. The zero-order chi connectivity index (χ0) is 15.4. The standard InChI is InChI=1S/C17H23N3O/c1-19(2)17(20(3)4)18-12-15-14-9-7-6-8-13(14)10-11-16(15)21-5/h6-11H,12H2,1-5H3. The fourth-order valence-corrected chi connectivity index (χ4v) is 2.50. The van der Waals surface area contributed by atoms with E-state index in [-0.39, 0.29) is 0 Å². The third-order valence-corrected chi connectivity index (χ3v) is 3.40. The Bertz CT molecular complexity index is 638. The van der Waals surface area contributed by atoms with E-state index in [0.29, 0.717) is 6.54 Å². The Labute approximate surface area is 126 Å². The fraction of sp³-hybridized carbons (Fsp3) is 0.353. The van der Waals surface area contributed by atoms with Crippen molar-refractivity contribution in [1.82, 2.24) is 9.80 Å². The van der Waals surface area contributed by atoms with Crippen LogP contribution in [-0.2, 0) is 6.54 Å². The molecule has 21 heavy (non-hydrogen) atoms. The molecule has 0 unspecified atom stereocenters. The molecule has 2 rings (SSSR count). The summed E-state index contributed by atoms with van der Waals surface area (Å²) in [6, 6.07) is 12.4. The molecule has 0 saturated carbocycles. The summed E-state index contributed by atoms with van der Waals surface area (Å²) in [7, 11) is 9.70. The van der Waals surface area contributed by atoms with Gasteiger partial charge in [0.05, 0.1) is 13.7 Å². The van der Waals surface area contributed by atoms with E-state index in [9.17, 15) is 0 Å². The minimum Gasteiger partial charge on any atom is -0.496 e. The van der Waals surface area contributed by atoms with Gasteiger partial charge in [-0.25, -0.2) is 4.99 Å².